The van der Waals surface area contributed by atoms with Gasteiger partial charge in [-0.3, -0.25) is 0 Å². The molecule has 2 aromatic rings. The molecule has 0 fully saturated rings. The maximum Gasteiger partial charge on any atom is 0.122 e. The third-order valence-electron chi connectivity index (χ3n) is 2.42. The molecule has 0 heterocycles. The molecular weight excluding hydrogens is 257 g/mol. The average Bonchev–Trinajstić information content (AvgIpc) is 2.30. The second kappa shape index (κ2) is 5.30. The normalized spacial score (nSPS) is 10.2. The second-order valence-electron chi connectivity index (χ2n) is 3.57. The van der Waals surface area contributed by atoms with E-state index in [9.17, 15) is 5.11 Å². The molecule has 0 amide bonds. The van der Waals surface area contributed by atoms with Crippen molar-refractivity contribution < 1.29 is 5.11 Å². The highest BCUT2D eigenvalue weighted by atomic mass is 35.5. The largest absolute Gasteiger partial charge is 0.508 e. The zero-order chi connectivity index (χ0) is 12.3. The van der Waals surface area contributed by atoms with Crippen LogP contribution in [0.3, 0.4) is 0 Å². The van der Waals surface area contributed by atoms with Gasteiger partial charge in [-0.2, -0.15) is 0 Å². The minimum Gasteiger partial charge on any atom is -0.508 e. The molecule has 0 aliphatic carbocycles. The maximum atomic E-state index is 9.68. The summed E-state index contributed by atoms with van der Waals surface area (Å²) in [7, 11) is 0. The molecule has 0 aromatic heterocycles. The molecule has 2 aromatic carbocycles. The first-order chi connectivity index (χ1) is 8.18. The van der Waals surface area contributed by atoms with E-state index in [0.29, 0.717) is 22.2 Å². The number of anilines is 1. The van der Waals surface area contributed by atoms with E-state index in [0.717, 1.165) is 5.69 Å². The lowest BCUT2D eigenvalue weighted by Gasteiger charge is -2.10. The van der Waals surface area contributed by atoms with Gasteiger partial charge in [-0.1, -0.05) is 41.4 Å². The molecule has 2 rings (SSSR count). The van der Waals surface area contributed by atoms with Crippen molar-refractivity contribution in [3.8, 4) is 5.75 Å². The lowest BCUT2D eigenvalue weighted by Crippen LogP contribution is -2.00. The van der Waals surface area contributed by atoms with Crippen LogP contribution in [0, 0.1) is 0 Å². The quantitative estimate of drug-likeness (QED) is 0.869. The lowest BCUT2D eigenvalue weighted by molar-refractivity contribution is 0.469. The summed E-state index contributed by atoms with van der Waals surface area (Å²) in [5, 5.41) is 14.0. The molecule has 0 bridgehead atoms. The van der Waals surface area contributed by atoms with Gasteiger partial charge in [0.15, 0.2) is 0 Å². The first-order valence-corrected chi connectivity index (χ1v) is 5.89. The standard InChI is InChI=1S/C13H11Cl2NO/c14-10-5-3-7-13(17)9(10)8-16-12-6-2-1-4-11(12)15/h1-7,16-17H,8H2. The predicted octanol–water partition coefficient (Wildman–Crippen LogP) is 4.31. The van der Waals surface area contributed by atoms with Crippen LogP contribution in [0.5, 0.6) is 5.75 Å². The van der Waals surface area contributed by atoms with Gasteiger partial charge in [0.25, 0.3) is 0 Å². The van der Waals surface area contributed by atoms with E-state index >= 15 is 0 Å². The summed E-state index contributed by atoms with van der Waals surface area (Å²) in [4.78, 5) is 0. The van der Waals surface area contributed by atoms with Gasteiger partial charge in [0.05, 0.1) is 10.7 Å². The van der Waals surface area contributed by atoms with Gasteiger partial charge < -0.3 is 10.4 Å². The SMILES string of the molecule is Oc1cccc(Cl)c1CNc1ccccc1Cl. The highest BCUT2D eigenvalue weighted by molar-refractivity contribution is 6.33. The van der Waals surface area contributed by atoms with Crippen LogP contribution in [0.25, 0.3) is 0 Å². The Kier molecular flexibility index (Phi) is 3.77. The molecule has 0 aliphatic heterocycles. The highest BCUT2D eigenvalue weighted by Crippen LogP contribution is 2.27. The van der Waals surface area contributed by atoms with Gasteiger partial charge in [0, 0.05) is 17.1 Å². The van der Waals surface area contributed by atoms with Crippen molar-refractivity contribution in [2.45, 2.75) is 6.54 Å². The molecule has 17 heavy (non-hydrogen) atoms. The van der Waals surface area contributed by atoms with E-state index in [-0.39, 0.29) is 5.75 Å². The number of phenols is 1. The van der Waals surface area contributed by atoms with Crippen LogP contribution in [0.4, 0.5) is 5.69 Å². The Labute approximate surface area is 110 Å². The van der Waals surface area contributed by atoms with Crippen LogP contribution in [-0.4, -0.2) is 5.11 Å². The Morgan fingerprint density at radius 3 is 2.35 bits per heavy atom. The molecule has 0 radical (unpaired) electrons. The number of halogens is 2. The van der Waals surface area contributed by atoms with E-state index in [2.05, 4.69) is 5.32 Å². The third kappa shape index (κ3) is 2.84. The van der Waals surface area contributed by atoms with Crippen molar-refractivity contribution in [2.75, 3.05) is 5.32 Å². The van der Waals surface area contributed by atoms with E-state index in [1.165, 1.54) is 0 Å². The van der Waals surface area contributed by atoms with Gasteiger partial charge in [-0.15, -0.1) is 0 Å². The van der Waals surface area contributed by atoms with Crippen LogP contribution >= 0.6 is 23.2 Å². The molecule has 0 aliphatic rings. The van der Waals surface area contributed by atoms with Crippen LogP contribution < -0.4 is 5.32 Å². The number of para-hydroxylation sites is 1. The molecule has 4 heteroatoms. The van der Waals surface area contributed by atoms with Gasteiger partial charge in [-0.05, 0) is 24.3 Å². The van der Waals surface area contributed by atoms with Crippen LogP contribution in [0.2, 0.25) is 10.0 Å². The van der Waals surface area contributed by atoms with Crippen molar-refractivity contribution in [3.05, 3.63) is 58.1 Å². The van der Waals surface area contributed by atoms with Gasteiger partial charge in [-0.25, -0.2) is 0 Å². The minimum atomic E-state index is 0.178. The van der Waals surface area contributed by atoms with Crippen molar-refractivity contribution >= 4 is 28.9 Å². The molecule has 0 saturated carbocycles. The van der Waals surface area contributed by atoms with Crippen molar-refractivity contribution in [1.82, 2.24) is 0 Å². The average molecular weight is 268 g/mol. The van der Waals surface area contributed by atoms with Crippen LogP contribution in [0.1, 0.15) is 5.56 Å². The molecule has 2 nitrogen and oxygen atoms in total. The fraction of sp³-hybridized carbons (Fsp3) is 0.0769. The molecule has 0 saturated heterocycles. The summed E-state index contributed by atoms with van der Waals surface area (Å²) in [6, 6.07) is 12.5. The number of hydrogen-bond donors (Lipinski definition) is 2. The van der Waals surface area contributed by atoms with Gasteiger partial charge in [0.2, 0.25) is 0 Å². The Balaban J connectivity index is 2.16. The lowest BCUT2D eigenvalue weighted by atomic mass is 10.2. The monoisotopic (exact) mass is 267 g/mol. The smallest absolute Gasteiger partial charge is 0.122 e. The minimum absolute atomic E-state index is 0.178. The summed E-state index contributed by atoms with van der Waals surface area (Å²) in [5.74, 6) is 0.178. The van der Waals surface area contributed by atoms with Crippen molar-refractivity contribution in [3.63, 3.8) is 0 Å². The van der Waals surface area contributed by atoms with E-state index in [4.69, 9.17) is 23.2 Å². The number of aromatic hydroxyl groups is 1. The first-order valence-electron chi connectivity index (χ1n) is 5.13. The number of rotatable bonds is 3. The summed E-state index contributed by atoms with van der Waals surface area (Å²) in [6.07, 6.45) is 0. The van der Waals surface area contributed by atoms with Crippen LogP contribution in [-0.2, 0) is 6.54 Å². The Bertz CT molecular complexity index is 508. The summed E-state index contributed by atoms with van der Waals surface area (Å²) in [6.45, 7) is 0.426. The second-order valence-corrected chi connectivity index (χ2v) is 4.39. The summed E-state index contributed by atoms with van der Waals surface area (Å²) in [5.41, 5.74) is 1.47. The topological polar surface area (TPSA) is 32.3 Å². The first kappa shape index (κ1) is 12.1. The molecule has 88 valence electrons. The zero-order valence-corrected chi connectivity index (χ0v) is 10.5. The van der Waals surface area contributed by atoms with Crippen molar-refractivity contribution in [1.29, 1.82) is 0 Å². The number of hydrogen-bond acceptors (Lipinski definition) is 2. The van der Waals surface area contributed by atoms with E-state index in [1.807, 2.05) is 18.2 Å². The van der Waals surface area contributed by atoms with Crippen molar-refractivity contribution in [2.24, 2.45) is 0 Å². The molecule has 0 unspecified atom stereocenters. The Morgan fingerprint density at radius 1 is 0.941 bits per heavy atom. The summed E-state index contributed by atoms with van der Waals surface area (Å²) >= 11 is 12.0. The molecule has 2 N–H and O–H groups in total. The number of benzene rings is 2. The summed E-state index contributed by atoms with van der Waals surface area (Å²) < 4.78 is 0. The Hall–Kier alpha value is -1.38. The van der Waals surface area contributed by atoms with Gasteiger partial charge in [0.1, 0.15) is 5.75 Å². The Morgan fingerprint density at radius 2 is 1.65 bits per heavy atom. The number of phenolic OH excluding ortho intramolecular Hbond substituents is 1. The highest BCUT2D eigenvalue weighted by Gasteiger charge is 2.06. The zero-order valence-electron chi connectivity index (χ0n) is 8.95. The predicted molar refractivity (Wildman–Crippen MR) is 71.9 cm³/mol. The fourth-order valence-corrected chi connectivity index (χ4v) is 1.95. The molecule has 0 atom stereocenters. The fourth-order valence-electron chi connectivity index (χ4n) is 1.51. The van der Waals surface area contributed by atoms with Crippen LogP contribution in [0.15, 0.2) is 42.5 Å². The third-order valence-corrected chi connectivity index (χ3v) is 3.11. The van der Waals surface area contributed by atoms with E-state index < -0.39 is 0 Å². The maximum absolute atomic E-state index is 9.68. The molecule has 0 spiro atoms. The molecular formula is C13H11Cl2NO. The van der Waals surface area contributed by atoms with Gasteiger partial charge >= 0.3 is 0 Å². The van der Waals surface area contributed by atoms with E-state index in [1.54, 1.807) is 24.3 Å². The number of nitrogens with one attached hydrogen (secondary N) is 1.